The number of nitrogens with zero attached hydrogens (tertiary/aromatic N) is 2. The molecule has 0 N–H and O–H groups in total. The predicted molar refractivity (Wildman–Crippen MR) is 89.9 cm³/mol. The predicted octanol–water partition coefficient (Wildman–Crippen LogP) is 3.55. The fourth-order valence-electron chi connectivity index (χ4n) is 2.38. The summed E-state index contributed by atoms with van der Waals surface area (Å²) in [6.07, 6.45) is 1.61. The van der Waals surface area contributed by atoms with Gasteiger partial charge in [0.25, 0.3) is 10.0 Å². The van der Waals surface area contributed by atoms with E-state index >= 15 is 0 Å². The first-order valence-corrected chi connectivity index (χ1v) is 9.51. The molecule has 0 amide bonds. The molecule has 0 fully saturated rings. The Balaban J connectivity index is 1.95. The largest absolute Gasteiger partial charge is 0.279 e. The zero-order valence-electron chi connectivity index (χ0n) is 12.6. The number of benzene rings is 1. The van der Waals surface area contributed by atoms with E-state index in [1.54, 1.807) is 23.5 Å². The average molecular weight is 334 g/mol. The van der Waals surface area contributed by atoms with Crippen molar-refractivity contribution in [3.05, 3.63) is 51.7 Å². The molecule has 0 saturated heterocycles. The van der Waals surface area contributed by atoms with Crippen molar-refractivity contribution in [3.8, 4) is 0 Å². The summed E-state index contributed by atoms with van der Waals surface area (Å²) >= 11 is 1.61. The van der Waals surface area contributed by atoms with Crippen LogP contribution in [0.4, 0.5) is 0 Å². The zero-order chi connectivity index (χ0) is 15.7. The first-order chi connectivity index (χ1) is 10.5. The first kappa shape index (κ1) is 15.2. The number of sulfonamides is 1. The van der Waals surface area contributed by atoms with Crippen LogP contribution in [-0.4, -0.2) is 25.1 Å². The van der Waals surface area contributed by atoms with Crippen LogP contribution in [0.5, 0.6) is 0 Å². The molecule has 6 heteroatoms. The van der Waals surface area contributed by atoms with Crippen molar-refractivity contribution in [2.24, 2.45) is 5.10 Å². The summed E-state index contributed by atoms with van der Waals surface area (Å²) in [5.41, 5.74) is 3.08. The van der Waals surface area contributed by atoms with Gasteiger partial charge in [-0.1, -0.05) is 17.7 Å². The molecule has 0 aliphatic carbocycles. The first-order valence-electron chi connectivity index (χ1n) is 7.19. The number of hydrazone groups is 1. The van der Waals surface area contributed by atoms with E-state index < -0.39 is 10.0 Å². The van der Waals surface area contributed by atoms with E-state index in [-0.39, 0.29) is 0 Å². The third kappa shape index (κ3) is 2.94. The summed E-state index contributed by atoms with van der Waals surface area (Å²) in [7, 11) is -3.56. The lowest BCUT2D eigenvalue weighted by molar-refractivity contribution is 0.411. The maximum atomic E-state index is 12.7. The van der Waals surface area contributed by atoms with Crippen LogP contribution in [0.1, 0.15) is 28.8 Å². The minimum absolute atomic E-state index is 0.297. The van der Waals surface area contributed by atoms with E-state index in [9.17, 15) is 8.42 Å². The minimum atomic E-state index is -3.56. The van der Waals surface area contributed by atoms with Crippen LogP contribution in [0.3, 0.4) is 0 Å². The second kappa shape index (κ2) is 5.85. The Morgan fingerprint density at radius 1 is 1.14 bits per heavy atom. The smallest absolute Gasteiger partial charge is 0.200 e. The van der Waals surface area contributed by atoms with Crippen LogP contribution in [0.15, 0.2) is 45.7 Å². The minimum Gasteiger partial charge on any atom is -0.200 e. The van der Waals surface area contributed by atoms with Gasteiger partial charge in [0.05, 0.1) is 22.0 Å². The molecular formula is C16H18N2O2S2. The maximum Gasteiger partial charge on any atom is 0.279 e. The Kier molecular flexibility index (Phi) is 4.06. The van der Waals surface area contributed by atoms with Crippen molar-refractivity contribution in [3.63, 3.8) is 0 Å². The topological polar surface area (TPSA) is 49.7 Å². The van der Waals surface area contributed by atoms with Crippen LogP contribution in [0.2, 0.25) is 0 Å². The molecule has 2 aromatic rings. The lowest BCUT2D eigenvalue weighted by Gasteiger charge is -2.24. The van der Waals surface area contributed by atoms with Crippen molar-refractivity contribution < 1.29 is 8.42 Å². The van der Waals surface area contributed by atoms with Gasteiger partial charge in [0.1, 0.15) is 0 Å². The van der Waals surface area contributed by atoms with Crippen molar-refractivity contribution in [2.45, 2.75) is 31.6 Å². The van der Waals surface area contributed by atoms with E-state index in [1.165, 1.54) is 9.98 Å². The zero-order valence-corrected chi connectivity index (χ0v) is 14.2. The fourth-order valence-corrected chi connectivity index (χ4v) is 4.59. The Labute approximate surface area is 135 Å². The fraction of sp³-hybridized carbons (Fsp3) is 0.312. The highest BCUT2D eigenvalue weighted by Gasteiger charge is 2.26. The molecule has 1 aliphatic rings. The van der Waals surface area contributed by atoms with Crippen LogP contribution in [0.25, 0.3) is 0 Å². The Hall–Kier alpha value is -1.66. The average Bonchev–Trinajstić information content (AvgIpc) is 2.94. The molecule has 2 heterocycles. The third-order valence-electron chi connectivity index (χ3n) is 3.61. The Morgan fingerprint density at radius 3 is 2.50 bits per heavy atom. The van der Waals surface area contributed by atoms with Crippen LogP contribution in [-0.2, 0) is 10.0 Å². The summed E-state index contributed by atoms with van der Waals surface area (Å²) in [6, 6.07) is 8.97. The van der Waals surface area contributed by atoms with Crippen molar-refractivity contribution in [1.82, 2.24) is 4.41 Å². The number of hydrogen-bond donors (Lipinski definition) is 0. The normalized spacial score (nSPS) is 15.7. The molecule has 116 valence electrons. The van der Waals surface area contributed by atoms with Crippen LogP contribution in [0, 0.1) is 13.8 Å². The highest BCUT2D eigenvalue weighted by Crippen LogP contribution is 2.24. The van der Waals surface area contributed by atoms with Crippen LogP contribution < -0.4 is 0 Å². The molecule has 1 aliphatic heterocycles. The highest BCUT2D eigenvalue weighted by molar-refractivity contribution is 7.89. The molecule has 0 unspecified atom stereocenters. The molecule has 0 radical (unpaired) electrons. The molecule has 0 spiro atoms. The number of aryl methyl sites for hydroxylation is 2. The van der Waals surface area contributed by atoms with E-state index in [0.29, 0.717) is 11.4 Å². The summed E-state index contributed by atoms with van der Waals surface area (Å²) in [5.74, 6) is 0. The van der Waals surface area contributed by atoms with Gasteiger partial charge >= 0.3 is 0 Å². The van der Waals surface area contributed by atoms with Gasteiger partial charge in [-0.3, -0.25) is 0 Å². The van der Waals surface area contributed by atoms with E-state index in [2.05, 4.69) is 16.5 Å². The maximum absolute atomic E-state index is 12.7. The number of rotatable bonds is 3. The molecule has 22 heavy (non-hydrogen) atoms. The van der Waals surface area contributed by atoms with E-state index in [0.717, 1.165) is 29.0 Å². The SMILES string of the molecule is Cc1ccc(S(=O)(=O)N2CCCC(c3cc(C)cs3)=N2)cc1. The third-order valence-corrected chi connectivity index (χ3v) is 6.39. The number of hydrogen-bond acceptors (Lipinski definition) is 4. The lowest BCUT2D eigenvalue weighted by Crippen LogP contribution is -2.32. The highest BCUT2D eigenvalue weighted by atomic mass is 32.2. The molecule has 0 saturated carbocycles. The molecule has 1 aromatic carbocycles. The Morgan fingerprint density at radius 2 is 1.86 bits per heavy atom. The molecule has 1 aromatic heterocycles. The summed E-state index contributed by atoms with van der Waals surface area (Å²) in [4.78, 5) is 1.35. The summed E-state index contributed by atoms with van der Waals surface area (Å²) in [5, 5.41) is 6.47. The second-order valence-electron chi connectivity index (χ2n) is 5.50. The van der Waals surface area contributed by atoms with Gasteiger partial charge in [-0.25, -0.2) is 0 Å². The molecule has 0 atom stereocenters. The van der Waals surface area contributed by atoms with Gasteiger partial charge in [-0.15, -0.1) is 11.3 Å². The summed E-state index contributed by atoms with van der Waals surface area (Å²) < 4.78 is 26.6. The molecule has 4 nitrogen and oxygen atoms in total. The van der Waals surface area contributed by atoms with Crippen molar-refractivity contribution >= 4 is 27.1 Å². The Bertz CT molecular complexity index is 805. The standard InChI is InChI=1S/C16H18N2O2S2/c1-12-5-7-14(8-6-12)22(19,20)18-9-3-4-15(17-18)16-10-13(2)11-21-16/h5-8,10-11H,3-4,9H2,1-2H3. The second-order valence-corrected chi connectivity index (χ2v) is 8.26. The van der Waals surface area contributed by atoms with Gasteiger partial charge in [-0.05, 0) is 55.8 Å². The van der Waals surface area contributed by atoms with Gasteiger partial charge in [0.15, 0.2) is 0 Å². The number of thiophene rings is 1. The molecule has 3 rings (SSSR count). The van der Waals surface area contributed by atoms with E-state index in [4.69, 9.17) is 0 Å². The van der Waals surface area contributed by atoms with Crippen molar-refractivity contribution in [2.75, 3.05) is 6.54 Å². The quantitative estimate of drug-likeness (QED) is 0.862. The van der Waals surface area contributed by atoms with Gasteiger partial charge < -0.3 is 0 Å². The monoisotopic (exact) mass is 334 g/mol. The van der Waals surface area contributed by atoms with Crippen LogP contribution >= 0.6 is 11.3 Å². The molecular weight excluding hydrogens is 316 g/mol. The van der Waals surface area contributed by atoms with Crippen molar-refractivity contribution in [1.29, 1.82) is 0 Å². The summed E-state index contributed by atoms with van der Waals surface area (Å²) in [6.45, 7) is 4.40. The van der Waals surface area contributed by atoms with E-state index in [1.807, 2.05) is 26.0 Å². The molecule has 0 bridgehead atoms. The van der Waals surface area contributed by atoms with Gasteiger partial charge in [0.2, 0.25) is 0 Å². The lowest BCUT2D eigenvalue weighted by atomic mass is 10.1. The van der Waals surface area contributed by atoms with Gasteiger partial charge in [-0.2, -0.15) is 17.9 Å². The van der Waals surface area contributed by atoms with Gasteiger partial charge in [0, 0.05) is 0 Å².